The molecule has 0 aliphatic carbocycles. The average Bonchev–Trinajstić information content (AvgIpc) is 3.20. The molecule has 110 valence electrons. The molecule has 0 radical (unpaired) electrons. The van der Waals surface area contributed by atoms with Crippen molar-refractivity contribution in [2.45, 2.75) is 31.9 Å². The molecule has 7 heteroatoms. The summed E-state index contributed by atoms with van der Waals surface area (Å²) in [5.74, 6) is -0.0303. The molecule has 2 aromatic heterocycles. The van der Waals surface area contributed by atoms with E-state index >= 15 is 0 Å². The third-order valence-corrected chi connectivity index (χ3v) is 3.43. The molecule has 21 heavy (non-hydrogen) atoms. The molecule has 2 aromatic rings. The van der Waals surface area contributed by atoms with Crippen LogP contribution in [0.25, 0.3) is 11.6 Å². The zero-order valence-corrected chi connectivity index (χ0v) is 11.7. The Morgan fingerprint density at radius 2 is 2.19 bits per heavy atom. The predicted molar refractivity (Wildman–Crippen MR) is 73.4 cm³/mol. The first kappa shape index (κ1) is 13.7. The Morgan fingerprint density at radius 1 is 1.33 bits per heavy atom. The van der Waals surface area contributed by atoms with Gasteiger partial charge < -0.3 is 14.5 Å². The lowest BCUT2D eigenvalue weighted by Gasteiger charge is -2.19. The van der Waals surface area contributed by atoms with Gasteiger partial charge >= 0.3 is 0 Å². The van der Waals surface area contributed by atoms with Gasteiger partial charge in [-0.25, -0.2) is 15.0 Å². The first-order valence-corrected chi connectivity index (χ1v) is 6.89. The van der Waals surface area contributed by atoms with E-state index in [1.54, 1.807) is 0 Å². The quantitative estimate of drug-likeness (QED) is 0.915. The summed E-state index contributed by atoms with van der Waals surface area (Å²) in [6, 6.07) is -0.0839. The Hall–Kier alpha value is -2.28. The van der Waals surface area contributed by atoms with Crippen molar-refractivity contribution >= 4 is 5.91 Å². The first-order valence-electron chi connectivity index (χ1n) is 6.89. The number of carbonyl (C=O) groups is 1. The lowest BCUT2D eigenvalue weighted by atomic mass is 10.1. The largest absolute Gasteiger partial charge is 0.443 e. The van der Waals surface area contributed by atoms with Gasteiger partial charge in [0.25, 0.3) is 5.91 Å². The molecule has 1 saturated heterocycles. The van der Waals surface area contributed by atoms with Gasteiger partial charge in [0.1, 0.15) is 6.26 Å². The SMILES string of the molecule is CC(NC(=O)c1nccnc1-c1ncco1)C1CCCO1. The van der Waals surface area contributed by atoms with E-state index in [9.17, 15) is 4.79 Å². The van der Waals surface area contributed by atoms with Crippen LogP contribution in [0.3, 0.4) is 0 Å². The third-order valence-electron chi connectivity index (χ3n) is 3.43. The maximum absolute atomic E-state index is 12.4. The lowest BCUT2D eigenvalue weighted by Crippen LogP contribution is -2.41. The molecule has 3 heterocycles. The number of aromatic nitrogens is 3. The van der Waals surface area contributed by atoms with Crippen LogP contribution in [0.1, 0.15) is 30.3 Å². The van der Waals surface area contributed by atoms with Crippen LogP contribution in [0.4, 0.5) is 0 Å². The number of hydrogen-bond acceptors (Lipinski definition) is 6. The predicted octanol–water partition coefficient (Wildman–Crippen LogP) is 1.43. The normalized spacial score (nSPS) is 19.4. The highest BCUT2D eigenvalue weighted by Gasteiger charge is 2.26. The number of hydrogen-bond donors (Lipinski definition) is 1. The van der Waals surface area contributed by atoms with Crippen LogP contribution in [0.2, 0.25) is 0 Å². The number of ether oxygens (including phenoxy) is 1. The van der Waals surface area contributed by atoms with Crippen LogP contribution < -0.4 is 5.32 Å². The van der Waals surface area contributed by atoms with Crippen LogP contribution >= 0.6 is 0 Å². The molecule has 1 aliphatic rings. The van der Waals surface area contributed by atoms with Crippen molar-refractivity contribution in [3.63, 3.8) is 0 Å². The maximum atomic E-state index is 12.4. The second-order valence-corrected chi connectivity index (χ2v) is 4.90. The molecule has 0 aromatic carbocycles. The van der Waals surface area contributed by atoms with Gasteiger partial charge in [-0.15, -0.1) is 0 Å². The highest BCUT2D eigenvalue weighted by Crippen LogP contribution is 2.19. The van der Waals surface area contributed by atoms with E-state index in [1.165, 1.54) is 24.9 Å². The van der Waals surface area contributed by atoms with Crippen molar-refractivity contribution in [3.8, 4) is 11.6 Å². The van der Waals surface area contributed by atoms with Crippen molar-refractivity contribution in [2.24, 2.45) is 0 Å². The van der Waals surface area contributed by atoms with E-state index in [1.807, 2.05) is 6.92 Å². The Kier molecular flexibility index (Phi) is 3.92. The van der Waals surface area contributed by atoms with Crippen LogP contribution in [-0.4, -0.2) is 39.6 Å². The Balaban J connectivity index is 1.78. The monoisotopic (exact) mass is 288 g/mol. The van der Waals surface area contributed by atoms with Gasteiger partial charge in [0.15, 0.2) is 11.4 Å². The van der Waals surface area contributed by atoms with E-state index in [4.69, 9.17) is 9.15 Å². The minimum atomic E-state index is -0.306. The van der Waals surface area contributed by atoms with Gasteiger partial charge in [0.05, 0.1) is 18.3 Å². The van der Waals surface area contributed by atoms with Crippen molar-refractivity contribution < 1.29 is 13.9 Å². The van der Waals surface area contributed by atoms with Crippen LogP contribution in [0.5, 0.6) is 0 Å². The topological polar surface area (TPSA) is 90.1 Å². The van der Waals surface area contributed by atoms with Crippen LogP contribution in [0, 0.1) is 0 Å². The van der Waals surface area contributed by atoms with E-state index in [0.29, 0.717) is 5.69 Å². The number of amides is 1. The highest BCUT2D eigenvalue weighted by atomic mass is 16.5. The zero-order valence-electron chi connectivity index (χ0n) is 11.7. The molecule has 1 aliphatic heterocycles. The Morgan fingerprint density at radius 3 is 2.90 bits per heavy atom. The summed E-state index contributed by atoms with van der Waals surface area (Å²) < 4.78 is 10.8. The number of nitrogens with zero attached hydrogens (tertiary/aromatic N) is 3. The van der Waals surface area contributed by atoms with E-state index < -0.39 is 0 Å². The van der Waals surface area contributed by atoms with Gasteiger partial charge in [-0.1, -0.05) is 0 Å². The lowest BCUT2D eigenvalue weighted by molar-refractivity contribution is 0.0709. The van der Waals surface area contributed by atoms with Crippen molar-refractivity contribution in [1.29, 1.82) is 0 Å². The fourth-order valence-electron chi connectivity index (χ4n) is 2.37. The fraction of sp³-hybridized carbons (Fsp3) is 0.429. The molecule has 7 nitrogen and oxygen atoms in total. The molecule has 0 saturated carbocycles. The third kappa shape index (κ3) is 2.92. The van der Waals surface area contributed by atoms with Gasteiger partial charge in [-0.05, 0) is 19.8 Å². The number of oxazole rings is 1. The standard InChI is InChI=1S/C14H16N4O3/c1-9(10-3-2-7-20-10)18-13(19)11-12(16-5-4-15-11)14-17-6-8-21-14/h4-6,8-10H,2-3,7H2,1H3,(H,18,19). The molecule has 1 fully saturated rings. The highest BCUT2D eigenvalue weighted by molar-refractivity contribution is 5.97. The summed E-state index contributed by atoms with van der Waals surface area (Å²) in [4.78, 5) is 24.6. The fourth-order valence-corrected chi connectivity index (χ4v) is 2.37. The van der Waals surface area contributed by atoms with E-state index in [2.05, 4.69) is 20.3 Å². The smallest absolute Gasteiger partial charge is 0.272 e. The van der Waals surface area contributed by atoms with Crippen molar-refractivity contribution in [3.05, 3.63) is 30.5 Å². The summed E-state index contributed by atoms with van der Waals surface area (Å²) in [5.41, 5.74) is 0.532. The molecular formula is C14H16N4O3. The minimum Gasteiger partial charge on any atom is -0.443 e. The Labute approximate surface area is 121 Å². The molecule has 1 N–H and O–H groups in total. The summed E-state index contributed by atoms with van der Waals surface area (Å²) in [6.45, 7) is 2.67. The van der Waals surface area contributed by atoms with E-state index in [-0.39, 0.29) is 29.6 Å². The zero-order chi connectivity index (χ0) is 14.7. The van der Waals surface area contributed by atoms with Gasteiger partial charge in [0, 0.05) is 19.0 Å². The summed E-state index contributed by atoms with van der Waals surface area (Å²) in [6.07, 6.45) is 7.93. The summed E-state index contributed by atoms with van der Waals surface area (Å²) >= 11 is 0. The Bertz CT molecular complexity index is 608. The maximum Gasteiger partial charge on any atom is 0.272 e. The average molecular weight is 288 g/mol. The number of nitrogens with one attached hydrogen (secondary N) is 1. The molecule has 0 bridgehead atoms. The summed E-state index contributed by atoms with van der Waals surface area (Å²) in [7, 11) is 0. The van der Waals surface area contributed by atoms with E-state index in [0.717, 1.165) is 19.4 Å². The number of rotatable bonds is 4. The second kappa shape index (κ2) is 6.01. The van der Waals surface area contributed by atoms with Crippen molar-refractivity contribution in [2.75, 3.05) is 6.61 Å². The minimum absolute atomic E-state index is 0.0517. The van der Waals surface area contributed by atoms with Gasteiger partial charge in [-0.3, -0.25) is 4.79 Å². The molecule has 0 spiro atoms. The molecule has 2 unspecified atom stereocenters. The van der Waals surface area contributed by atoms with Gasteiger partial charge in [-0.2, -0.15) is 0 Å². The van der Waals surface area contributed by atoms with Crippen molar-refractivity contribution in [1.82, 2.24) is 20.3 Å². The molecule has 2 atom stereocenters. The molecular weight excluding hydrogens is 272 g/mol. The van der Waals surface area contributed by atoms with Gasteiger partial charge in [0.2, 0.25) is 5.89 Å². The van der Waals surface area contributed by atoms with Crippen LogP contribution in [-0.2, 0) is 4.74 Å². The molecule has 1 amide bonds. The molecule has 3 rings (SSSR count). The first-order chi connectivity index (χ1) is 10.3. The second-order valence-electron chi connectivity index (χ2n) is 4.90. The number of carbonyl (C=O) groups excluding carboxylic acids is 1. The van der Waals surface area contributed by atoms with Crippen LogP contribution in [0.15, 0.2) is 29.3 Å². The summed E-state index contributed by atoms with van der Waals surface area (Å²) in [5, 5.41) is 2.90.